The Hall–Kier alpha value is -1.20. The number of hydrogen-bond donors (Lipinski definition) is 3. The van der Waals surface area contributed by atoms with Crippen LogP contribution in [-0.2, 0) is 0 Å². The van der Waals surface area contributed by atoms with Crippen molar-refractivity contribution in [3.8, 4) is 0 Å². The van der Waals surface area contributed by atoms with E-state index in [4.69, 9.17) is 5.11 Å². The first-order chi connectivity index (χ1) is 7.27. The van der Waals surface area contributed by atoms with E-state index < -0.39 is 0 Å². The van der Waals surface area contributed by atoms with Crippen LogP contribution in [0.1, 0.15) is 0 Å². The molecular formula is C10H14N2O2S. The number of aliphatic hydroxyl groups excluding tert-OH is 1. The number of carbonyl (C=O) groups is 1. The van der Waals surface area contributed by atoms with Crippen molar-refractivity contribution in [3.05, 3.63) is 24.3 Å². The Balaban J connectivity index is 2.59. The van der Waals surface area contributed by atoms with E-state index >= 15 is 0 Å². The molecule has 1 aromatic carbocycles. The van der Waals surface area contributed by atoms with Gasteiger partial charge in [-0.3, -0.25) is 0 Å². The van der Waals surface area contributed by atoms with Crippen LogP contribution in [0.2, 0.25) is 0 Å². The van der Waals surface area contributed by atoms with Crippen LogP contribution in [0, 0.1) is 0 Å². The minimum absolute atomic E-state index is 0.0579. The average Bonchev–Trinajstić information content (AvgIpc) is 2.27. The van der Waals surface area contributed by atoms with Gasteiger partial charge in [-0.05, 0) is 18.4 Å². The molecule has 5 heteroatoms. The second kappa shape index (κ2) is 6.31. The van der Waals surface area contributed by atoms with E-state index in [-0.39, 0.29) is 19.2 Å². The number of rotatable bonds is 4. The summed E-state index contributed by atoms with van der Waals surface area (Å²) in [5.41, 5.74) is 0.778. The van der Waals surface area contributed by atoms with Crippen molar-refractivity contribution in [3.63, 3.8) is 0 Å². The van der Waals surface area contributed by atoms with Gasteiger partial charge in [0.05, 0.1) is 12.3 Å². The molecule has 0 fully saturated rings. The molecule has 0 saturated carbocycles. The van der Waals surface area contributed by atoms with Crippen molar-refractivity contribution in [2.75, 3.05) is 24.7 Å². The summed E-state index contributed by atoms with van der Waals surface area (Å²) in [7, 11) is 0. The zero-order valence-corrected chi connectivity index (χ0v) is 9.30. The summed E-state index contributed by atoms with van der Waals surface area (Å²) in [5.74, 6) is 0. The minimum atomic E-state index is -0.300. The topological polar surface area (TPSA) is 61.4 Å². The van der Waals surface area contributed by atoms with Gasteiger partial charge in [0.1, 0.15) is 0 Å². The van der Waals surface area contributed by atoms with Crippen LogP contribution in [0.4, 0.5) is 10.5 Å². The lowest BCUT2D eigenvalue weighted by atomic mass is 10.3. The van der Waals surface area contributed by atoms with Crippen LogP contribution < -0.4 is 10.6 Å². The van der Waals surface area contributed by atoms with Crippen molar-refractivity contribution in [1.29, 1.82) is 0 Å². The van der Waals surface area contributed by atoms with Crippen molar-refractivity contribution < 1.29 is 9.90 Å². The molecule has 0 aliphatic rings. The van der Waals surface area contributed by atoms with Crippen LogP contribution in [0.25, 0.3) is 0 Å². The van der Waals surface area contributed by atoms with Crippen LogP contribution in [0.5, 0.6) is 0 Å². The van der Waals surface area contributed by atoms with E-state index in [0.29, 0.717) is 0 Å². The summed E-state index contributed by atoms with van der Waals surface area (Å²) in [5, 5.41) is 13.8. The summed E-state index contributed by atoms with van der Waals surface area (Å²) >= 11 is 1.57. The number of nitrogens with one attached hydrogen (secondary N) is 2. The fourth-order valence-electron chi connectivity index (χ4n) is 1.08. The van der Waals surface area contributed by atoms with Gasteiger partial charge in [-0.2, -0.15) is 0 Å². The monoisotopic (exact) mass is 226 g/mol. The Morgan fingerprint density at radius 2 is 2.20 bits per heavy atom. The van der Waals surface area contributed by atoms with Crippen molar-refractivity contribution >= 4 is 23.5 Å². The SMILES string of the molecule is CSc1ccccc1NC(=O)NCCO. The Morgan fingerprint density at radius 3 is 2.87 bits per heavy atom. The van der Waals surface area contributed by atoms with Crippen LogP contribution in [0.3, 0.4) is 0 Å². The predicted molar refractivity (Wildman–Crippen MR) is 62.3 cm³/mol. The summed E-state index contributed by atoms with van der Waals surface area (Å²) in [4.78, 5) is 12.3. The van der Waals surface area contributed by atoms with E-state index in [9.17, 15) is 4.79 Å². The van der Waals surface area contributed by atoms with Gasteiger partial charge in [0, 0.05) is 11.4 Å². The van der Waals surface area contributed by atoms with Gasteiger partial charge in [0.2, 0.25) is 0 Å². The maximum Gasteiger partial charge on any atom is 0.319 e. The van der Waals surface area contributed by atoms with E-state index in [1.165, 1.54) is 0 Å². The van der Waals surface area contributed by atoms with E-state index in [0.717, 1.165) is 10.6 Å². The maximum absolute atomic E-state index is 11.3. The first-order valence-electron chi connectivity index (χ1n) is 4.56. The van der Waals surface area contributed by atoms with Crippen LogP contribution in [-0.4, -0.2) is 30.5 Å². The van der Waals surface area contributed by atoms with Gasteiger partial charge < -0.3 is 15.7 Å². The molecular weight excluding hydrogens is 212 g/mol. The van der Waals surface area contributed by atoms with Gasteiger partial charge in [0.25, 0.3) is 0 Å². The number of anilines is 1. The Kier molecular flexibility index (Phi) is 5.00. The Morgan fingerprint density at radius 1 is 1.47 bits per heavy atom. The lowest BCUT2D eigenvalue weighted by Crippen LogP contribution is -2.31. The third kappa shape index (κ3) is 3.81. The second-order valence-corrected chi connectivity index (χ2v) is 3.65. The first kappa shape index (κ1) is 11.9. The lowest BCUT2D eigenvalue weighted by Gasteiger charge is -2.09. The number of hydrogen-bond acceptors (Lipinski definition) is 3. The highest BCUT2D eigenvalue weighted by Gasteiger charge is 2.03. The maximum atomic E-state index is 11.3. The van der Waals surface area contributed by atoms with Crippen LogP contribution in [0.15, 0.2) is 29.2 Å². The highest BCUT2D eigenvalue weighted by Crippen LogP contribution is 2.24. The lowest BCUT2D eigenvalue weighted by molar-refractivity contribution is 0.244. The molecule has 2 amide bonds. The molecule has 0 unspecified atom stereocenters. The number of thioether (sulfide) groups is 1. The largest absolute Gasteiger partial charge is 0.395 e. The summed E-state index contributed by atoms with van der Waals surface area (Å²) in [6, 6.07) is 7.26. The van der Waals surface area contributed by atoms with Gasteiger partial charge in [0.15, 0.2) is 0 Å². The molecule has 0 aliphatic carbocycles. The molecule has 0 spiro atoms. The standard InChI is InChI=1S/C10H14N2O2S/c1-15-9-5-3-2-4-8(9)12-10(14)11-6-7-13/h2-5,13H,6-7H2,1H3,(H2,11,12,14). The van der Waals surface area contributed by atoms with Gasteiger partial charge in [-0.15, -0.1) is 11.8 Å². The molecule has 0 bridgehead atoms. The number of carbonyl (C=O) groups excluding carboxylic acids is 1. The smallest absolute Gasteiger partial charge is 0.319 e. The highest BCUT2D eigenvalue weighted by molar-refractivity contribution is 7.98. The molecule has 1 aromatic rings. The second-order valence-electron chi connectivity index (χ2n) is 2.80. The molecule has 3 N–H and O–H groups in total. The number of amides is 2. The summed E-state index contributed by atoms with van der Waals surface area (Å²) in [6.07, 6.45) is 1.95. The zero-order valence-electron chi connectivity index (χ0n) is 8.49. The van der Waals surface area contributed by atoms with Crippen molar-refractivity contribution in [1.82, 2.24) is 5.32 Å². The molecule has 0 aliphatic heterocycles. The Bertz CT molecular complexity index is 331. The fraction of sp³-hybridized carbons (Fsp3) is 0.300. The number of aliphatic hydroxyl groups is 1. The normalized spacial score (nSPS) is 9.73. The minimum Gasteiger partial charge on any atom is -0.395 e. The van der Waals surface area contributed by atoms with Gasteiger partial charge in [-0.25, -0.2) is 4.79 Å². The van der Waals surface area contributed by atoms with Crippen molar-refractivity contribution in [2.24, 2.45) is 0 Å². The summed E-state index contributed by atoms with van der Waals surface area (Å²) < 4.78 is 0. The molecule has 0 saturated heterocycles. The highest BCUT2D eigenvalue weighted by atomic mass is 32.2. The predicted octanol–water partition coefficient (Wildman–Crippen LogP) is 1.52. The van der Waals surface area contributed by atoms with Gasteiger partial charge in [-0.1, -0.05) is 12.1 Å². The molecule has 1 rings (SSSR count). The number of benzene rings is 1. The number of urea groups is 1. The third-order valence-electron chi connectivity index (χ3n) is 1.75. The van der Waals surface area contributed by atoms with E-state index in [1.54, 1.807) is 11.8 Å². The molecule has 0 aromatic heterocycles. The molecule has 82 valence electrons. The van der Waals surface area contributed by atoms with Crippen molar-refractivity contribution in [2.45, 2.75) is 4.90 Å². The molecule has 4 nitrogen and oxygen atoms in total. The van der Waals surface area contributed by atoms with Crippen LogP contribution >= 0.6 is 11.8 Å². The summed E-state index contributed by atoms with van der Waals surface area (Å²) in [6.45, 7) is 0.199. The van der Waals surface area contributed by atoms with E-state index in [1.807, 2.05) is 30.5 Å². The first-order valence-corrected chi connectivity index (χ1v) is 5.79. The quantitative estimate of drug-likeness (QED) is 0.682. The molecule has 15 heavy (non-hydrogen) atoms. The zero-order chi connectivity index (χ0) is 11.1. The molecule has 0 heterocycles. The van der Waals surface area contributed by atoms with E-state index in [2.05, 4.69) is 10.6 Å². The average molecular weight is 226 g/mol. The molecule has 0 atom stereocenters. The molecule has 0 radical (unpaired) electrons. The van der Waals surface area contributed by atoms with Gasteiger partial charge >= 0.3 is 6.03 Å². The fourth-order valence-corrected chi connectivity index (χ4v) is 1.64. The number of para-hydroxylation sites is 1. The Labute approximate surface area is 93.1 Å². The third-order valence-corrected chi connectivity index (χ3v) is 2.55.